The van der Waals surface area contributed by atoms with E-state index in [1.165, 1.54) is 7.11 Å². The van der Waals surface area contributed by atoms with Gasteiger partial charge in [0.1, 0.15) is 6.04 Å². The van der Waals surface area contributed by atoms with E-state index in [-0.39, 0.29) is 23.8 Å². The molecule has 1 aromatic heterocycles. The molecule has 0 aliphatic rings. The third-order valence-electron chi connectivity index (χ3n) is 1.91. The number of hydrogen-bond donors (Lipinski definition) is 4. The summed E-state index contributed by atoms with van der Waals surface area (Å²) in [6.45, 7) is 1.67. The van der Waals surface area contributed by atoms with Crippen LogP contribution in [0.5, 0.6) is 6.01 Å². The van der Waals surface area contributed by atoms with E-state index in [1.807, 2.05) is 0 Å². The van der Waals surface area contributed by atoms with Gasteiger partial charge in [-0.15, -0.1) is 0 Å². The predicted octanol–water partition coefficient (Wildman–Crippen LogP) is -1.29. The third kappa shape index (κ3) is 3.41. The summed E-state index contributed by atoms with van der Waals surface area (Å²) in [5.41, 5.74) is 2.28. The average molecular weight is 241 g/mol. The van der Waals surface area contributed by atoms with Crippen LogP contribution in [-0.4, -0.2) is 41.1 Å². The smallest absolute Gasteiger partial charge is 0.322 e. The number of carbonyl (C=O) groups is 1. The van der Waals surface area contributed by atoms with Crippen LogP contribution in [0.25, 0.3) is 0 Å². The van der Waals surface area contributed by atoms with Gasteiger partial charge in [0.15, 0.2) is 0 Å². The van der Waals surface area contributed by atoms with Crippen molar-refractivity contribution in [3.05, 3.63) is 0 Å². The number of nitrogen functional groups attached to an aromatic ring is 1. The van der Waals surface area contributed by atoms with E-state index in [9.17, 15) is 4.79 Å². The number of hydrogen-bond acceptors (Lipinski definition) is 8. The molecule has 9 nitrogen and oxygen atoms in total. The molecule has 0 aliphatic heterocycles. The Morgan fingerprint density at radius 3 is 2.53 bits per heavy atom. The van der Waals surface area contributed by atoms with Gasteiger partial charge in [-0.2, -0.15) is 15.0 Å². The van der Waals surface area contributed by atoms with Crippen LogP contribution < -0.4 is 26.6 Å². The molecular weight excluding hydrogens is 226 g/mol. The molecule has 0 aliphatic carbocycles. The maximum absolute atomic E-state index is 11.3. The normalized spacial score (nSPS) is 11.5. The lowest BCUT2D eigenvalue weighted by molar-refractivity contribution is -0.121. The number of nitrogens with one attached hydrogen (secondary N) is 3. The molecule has 0 bridgehead atoms. The molecule has 5 N–H and O–H groups in total. The monoisotopic (exact) mass is 241 g/mol. The van der Waals surface area contributed by atoms with Crippen molar-refractivity contribution < 1.29 is 9.53 Å². The largest absolute Gasteiger partial charge is 0.467 e. The van der Waals surface area contributed by atoms with Crippen molar-refractivity contribution in [2.24, 2.45) is 5.84 Å². The van der Waals surface area contributed by atoms with Crippen molar-refractivity contribution in [2.75, 3.05) is 24.9 Å². The van der Waals surface area contributed by atoms with Crippen LogP contribution in [0.3, 0.4) is 0 Å². The highest BCUT2D eigenvalue weighted by molar-refractivity contribution is 5.83. The van der Waals surface area contributed by atoms with Crippen LogP contribution in [0.4, 0.5) is 11.9 Å². The van der Waals surface area contributed by atoms with E-state index in [1.54, 1.807) is 14.0 Å². The van der Waals surface area contributed by atoms with Gasteiger partial charge in [0.25, 0.3) is 0 Å². The number of ether oxygens (including phenoxy) is 1. The molecule has 1 unspecified atom stereocenters. The molecule has 94 valence electrons. The lowest BCUT2D eigenvalue weighted by Gasteiger charge is -2.12. The second kappa shape index (κ2) is 5.80. The summed E-state index contributed by atoms with van der Waals surface area (Å²) in [5.74, 6) is 5.34. The number of carbonyl (C=O) groups excluding carboxylic acids is 1. The molecule has 0 saturated carbocycles. The van der Waals surface area contributed by atoms with E-state index in [2.05, 4.69) is 31.0 Å². The summed E-state index contributed by atoms with van der Waals surface area (Å²) >= 11 is 0. The summed E-state index contributed by atoms with van der Waals surface area (Å²) < 4.78 is 4.87. The first-order chi connectivity index (χ1) is 8.10. The SMILES string of the molecule is CNC(=O)C(C)Nc1nc(NN)nc(OC)n1. The van der Waals surface area contributed by atoms with E-state index in [0.717, 1.165) is 0 Å². The molecule has 1 atom stereocenters. The highest BCUT2D eigenvalue weighted by Crippen LogP contribution is 2.10. The van der Waals surface area contributed by atoms with E-state index in [0.29, 0.717) is 0 Å². The standard InChI is InChI=1S/C8H15N7O2/c1-4(5(16)10-2)11-6-12-7(15-9)14-8(13-6)17-3/h4H,9H2,1-3H3,(H,10,16)(H2,11,12,13,14,15). The maximum atomic E-state index is 11.3. The molecule has 0 saturated heterocycles. The predicted molar refractivity (Wildman–Crippen MR) is 61.3 cm³/mol. The van der Waals surface area contributed by atoms with Gasteiger partial charge < -0.3 is 15.4 Å². The van der Waals surface area contributed by atoms with Gasteiger partial charge in [-0.3, -0.25) is 10.2 Å². The maximum Gasteiger partial charge on any atom is 0.322 e. The minimum absolute atomic E-state index is 0.0968. The first-order valence-corrected chi connectivity index (χ1v) is 4.85. The Kier molecular flexibility index (Phi) is 4.40. The lowest BCUT2D eigenvalue weighted by atomic mass is 10.3. The summed E-state index contributed by atoms with van der Waals surface area (Å²) in [6.07, 6.45) is 0. The van der Waals surface area contributed by atoms with Crippen molar-refractivity contribution in [1.29, 1.82) is 0 Å². The molecule has 0 fully saturated rings. The Bertz CT molecular complexity index is 375. The van der Waals surface area contributed by atoms with Crippen molar-refractivity contribution in [2.45, 2.75) is 13.0 Å². The van der Waals surface area contributed by atoms with Crippen LogP contribution in [0.15, 0.2) is 0 Å². The lowest BCUT2D eigenvalue weighted by Crippen LogP contribution is -2.35. The topological polar surface area (TPSA) is 127 Å². The highest BCUT2D eigenvalue weighted by atomic mass is 16.5. The number of rotatable bonds is 5. The molecule has 0 aromatic carbocycles. The van der Waals surface area contributed by atoms with Gasteiger partial charge >= 0.3 is 6.01 Å². The molecular formula is C8H15N7O2. The van der Waals surface area contributed by atoms with Gasteiger partial charge in [0.05, 0.1) is 7.11 Å². The molecule has 1 rings (SSSR count). The number of amides is 1. The first kappa shape index (κ1) is 12.9. The van der Waals surface area contributed by atoms with Gasteiger partial charge in [-0.1, -0.05) is 0 Å². The van der Waals surface area contributed by atoms with Gasteiger partial charge in [-0.25, -0.2) is 5.84 Å². The Hall–Kier alpha value is -2.16. The zero-order valence-corrected chi connectivity index (χ0v) is 9.81. The number of methoxy groups -OCH3 is 1. The third-order valence-corrected chi connectivity index (χ3v) is 1.91. The minimum atomic E-state index is -0.488. The van der Waals surface area contributed by atoms with Crippen molar-refractivity contribution in [3.8, 4) is 6.01 Å². The molecule has 0 spiro atoms. The summed E-state index contributed by atoms with van der Waals surface area (Å²) in [7, 11) is 2.96. The van der Waals surface area contributed by atoms with Crippen LogP contribution >= 0.6 is 0 Å². The highest BCUT2D eigenvalue weighted by Gasteiger charge is 2.13. The van der Waals surface area contributed by atoms with Gasteiger partial charge in [0.2, 0.25) is 17.8 Å². The molecule has 0 radical (unpaired) electrons. The first-order valence-electron chi connectivity index (χ1n) is 4.85. The molecule has 17 heavy (non-hydrogen) atoms. The zero-order chi connectivity index (χ0) is 12.8. The van der Waals surface area contributed by atoms with Crippen LogP contribution in [-0.2, 0) is 4.79 Å². The number of likely N-dealkylation sites (N-methyl/N-ethyl adjacent to an activating group) is 1. The Labute approximate surface area is 98.1 Å². The zero-order valence-electron chi connectivity index (χ0n) is 9.81. The van der Waals surface area contributed by atoms with Crippen molar-refractivity contribution in [1.82, 2.24) is 20.3 Å². The van der Waals surface area contributed by atoms with E-state index in [4.69, 9.17) is 10.6 Å². The molecule has 9 heteroatoms. The number of nitrogens with zero attached hydrogens (tertiary/aromatic N) is 3. The van der Waals surface area contributed by atoms with Gasteiger partial charge in [-0.05, 0) is 6.92 Å². The van der Waals surface area contributed by atoms with Gasteiger partial charge in [0, 0.05) is 7.05 Å². The van der Waals surface area contributed by atoms with Crippen molar-refractivity contribution >= 4 is 17.8 Å². The van der Waals surface area contributed by atoms with Crippen LogP contribution in [0, 0.1) is 0 Å². The minimum Gasteiger partial charge on any atom is -0.467 e. The Balaban J connectivity index is 2.86. The number of hydrazine groups is 1. The van der Waals surface area contributed by atoms with Crippen molar-refractivity contribution in [3.63, 3.8) is 0 Å². The average Bonchev–Trinajstić information content (AvgIpc) is 2.36. The number of anilines is 2. The van der Waals surface area contributed by atoms with Crippen LogP contribution in [0.2, 0.25) is 0 Å². The number of aromatic nitrogens is 3. The second-order valence-electron chi connectivity index (χ2n) is 3.09. The quantitative estimate of drug-likeness (QED) is 0.370. The number of nitrogens with two attached hydrogens (primary N) is 1. The fourth-order valence-electron chi connectivity index (χ4n) is 1.05. The molecule has 1 amide bonds. The van der Waals surface area contributed by atoms with E-state index < -0.39 is 6.04 Å². The van der Waals surface area contributed by atoms with E-state index >= 15 is 0 Å². The summed E-state index contributed by atoms with van der Waals surface area (Å²) in [5, 5.41) is 5.29. The summed E-state index contributed by atoms with van der Waals surface area (Å²) in [4.78, 5) is 23.0. The molecule has 1 heterocycles. The van der Waals surface area contributed by atoms with Crippen LogP contribution in [0.1, 0.15) is 6.92 Å². The fraction of sp³-hybridized carbons (Fsp3) is 0.500. The second-order valence-corrected chi connectivity index (χ2v) is 3.09. The Morgan fingerprint density at radius 1 is 1.35 bits per heavy atom. The fourth-order valence-corrected chi connectivity index (χ4v) is 1.05. The molecule has 1 aromatic rings. The Morgan fingerprint density at radius 2 is 2.00 bits per heavy atom. The summed E-state index contributed by atoms with van der Waals surface area (Å²) in [6, 6.07) is -0.391.